The average Bonchev–Trinajstić information content (AvgIpc) is 2.43. The Kier molecular flexibility index (Phi) is 4.88. The normalized spacial score (nSPS) is 10.2. The van der Waals surface area contributed by atoms with Gasteiger partial charge in [0.2, 0.25) is 5.91 Å². The van der Waals surface area contributed by atoms with E-state index in [0.29, 0.717) is 10.7 Å². The number of hydrogen-bond acceptors (Lipinski definition) is 2. The van der Waals surface area contributed by atoms with Crippen LogP contribution in [0.2, 0.25) is 5.02 Å². The van der Waals surface area contributed by atoms with Gasteiger partial charge >= 0.3 is 0 Å². The van der Waals surface area contributed by atoms with Crippen molar-refractivity contribution >= 4 is 40.4 Å². The van der Waals surface area contributed by atoms with Crippen molar-refractivity contribution in [3.8, 4) is 0 Å². The Morgan fingerprint density at radius 2 is 1.90 bits per heavy atom. The number of anilines is 1. The summed E-state index contributed by atoms with van der Waals surface area (Å²) in [6.07, 6.45) is 0.191. The van der Waals surface area contributed by atoms with Crippen molar-refractivity contribution in [1.29, 1.82) is 0 Å². The molecule has 21 heavy (non-hydrogen) atoms. The number of amides is 1. The maximum absolute atomic E-state index is 13.4. The molecule has 0 heterocycles. The molecule has 0 saturated carbocycles. The minimum absolute atomic E-state index is 0.0544. The first-order valence-electron chi connectivity index (χ1n) is 6.09. The molecule has 2 rings (SSSR count). The van der Waals surface area contributed by atoms with Gasteiger partial charge in [-0.15, -0.1) is 0 Å². The molecule has 2 aromatic carbocycles. The van der Waals surface area contributed by atoms with Crippen LogP contribution in [0.25, 0.3) is 0 Å². The van der Waals surface area contributed by atoms with E-state index in [-0.39, 0.29) is 22.9 Å². The molecule has 2 aromatic rings. The van der Waals surface area contributed by atoms with E-state index in [1.165, 1.54) is 18.2 Å². The van der Waals surface area contributed by atoms with E-state index in [1.807, 2.05) is 0 Å². The molecule has 3 nitrogen and oxygen atoms in total. The minimum atomic E-state index is -0.516. The molecule has 0 saturated heterocycles. The zero-order valence-corrected chi connectivity index (χ0v) is 12.5. The molecule has 0 radical (unpaired) electrons. The topological polar surface area (TPSA) is 55.1 Å². The van der Waals surface area contributed by atoms with Crippen molar-refractivity contribution in [2.45, 2.75) is 6.42 Å². The minimum Gasteiger partial charge on any atom is -0.389 e. The summed E-state index contributed by atoms with van der Waals surface area (Å²) in [6, 6.07) is 11.1. The molecule has 0 aliphatic carbocycles. The van der Waals surface area contributed by atoms with E-state index in [4.69, 9.17) is 29.6 Å². The molecule has 6 heteroatoms. The van der Waals surface area contributed by atoms with Gasteiger partial charge in [0.15, 0.2) is 0 Å². The highest BCUT2D eigenvalue weighted by Crippen LogP contribution is 2.16. The summed E-state index contributed by atoms with van der Waals surface area (Å²) in [6.45, 7) is 0. The smallest absolute Gasteiger partial charge is 0.228 e. The number of thiocarbonyl (C=S) groups is 1. The first-order valence-corrected chi connectivity index (χ1v) is 6.88. The summed E-state index contributed by atoms with van der Waals surface area (Å²) in [5, 5.41) is 3.28. The van der Waals surface area contributed by atoms with Crippen LogP contribution in [0.5, 0.6) is 0 Å². The van der Waals surface area contributed by atoms with Crippen LogP contribution in [0.1, 0.15) is 11.1 Å². The predicted molar refractivity (Wildman–Crippen MR) is 86.1 cm³/mol. The Balaban J connectivity index is 2.07. The van der Waals surface area contributed by atoms with Crippen molar-refractivity contribution in [2.24, 2.45) is 5.73 Å². The van der Waals surface area contributed by atoms with Crippen LogP contribution < -0.4 is 11.1 Å². The number of halogens is 2. The van der Waals surface area contributed by atoms with Crippen molar-refractivity contribution in [1.82, 2.24) is 0 Å². The maximum atomic E-state index is 13.4. The summed E-state index contributed by atoms with van der Waals surface area (Å²) in [4.78, 5) is 11.9. The van der Waals surface area contributed by atoms with Crippen LogP contribution >= 0.6 is 23.8 Å². The summed E-state index contributed by atoms with van der Waals surface area (Å²) in [5.41, 5.74) is 6.79. The standard InChI is InChI=1S/C15H12ClFN2OS/c16-10-3-1-9(2-4-10)7-14(20)19-11-5-6-13(17)12(8-11)15(18)21/h1-6,8H,7H2,(H2,18,21)(H,19,20). The molecule has 0 aliphatic heterocycles. The Morgan fingerprint density at radius 3 is 2.52 bits per heavy atom. The fourth-order valence-electron chi connectivity index (χ4n) is 1.78. The first kappa shape index (κ1) is 15.4. The molecular formula is C15H12ClFN2OS. The number of nitrogens with one attached hydrogen (secondary N) is 1. The van der Waals surface area contributed by atoms with Crippen LogP contribution in [-0.4, -0.2) is 10.9 Å². The van der Waals surface area contributed by atoms with Crippen LogP contribution in [0.3, 0.4) is 0 Å². The number of hydrogen-bond donors (Lipinski definition) is 2. The number of carbonyl (C=O) groups excluding carboxylic acids is 1. The molecule has 0 aromatic heterocycles. The van der Waals surface area contributed by atoms with E-state index >= 15 is 0 Å². The second-order valence-corrected chi connectivity index (χ2v) is 5.29. The first-order chi connectivity index (χ1) is 9.95. The fraction of sp³-hybridized carbons (Fsp3) is 0.0667. The summed E-state index contributed by atoms with van der Waals surface area (Å²) < 4.78 is 13.4. The highest BCUT2D eigenvalue weighted by Gasteiger charge is 2.09. The van der Waals surface area contributed by atoms with Gasteiger partial charge in [-0.3, -0.25) is 4.79 Å². The molecule has 0 bridgehead atoms. The van der Waals surface area contributed by atoms with Gasteiger partial charge in [0, 0.05) is 16.3 Å². The molecule has 1 amide bonds. The third kappa shape index (κ3) is 4.24. The third-order valence-electron chi connectivity index (χ3n) is 2.79. The predicted octanol–water partition coefficient (Wildman–Crippen LogP) is 3.29. The zero-order chi connectivity index (χ0) is 15.4. The van der Waals surface area contributed by atoms with Crippen LogP contribution in [-0.2, 0) is 11.2 Å². The van der Waals surface area contributed by atoms with Gasteiger partial charge in [-0.25, -0.2) is 4.39 Å². The van der Waals surface area contributed by atoms with Crippen molar-refractivity contribution in [2.75, 3.05) is 5.32 Å². The molecular weight excluding hydrogens is 311 g/mol. The van der Waals surface area contributed by atoms with Gasteiger partial charge in [0.25, 0.3) is 0 Å². The SMILES string of the molecule is NC(=S)c1cc(NC(=O)Cc2ccc(Cl)cc2)ccc1F. The van der Waals surface area contributed by atoms with E-state index in [0.717, 1.165) is 5.56 Å². The highest BCUT2D eigenvalue weighted by atomic mass is 35.5. The Bertz CT molecular complexity index is 689. The van der Waals surface area contributed by atoms with Gasteiger partial charge < -0.3 is 11.1 Å². The summed E-state index contributed by atoms with van der Waals surface area (Å²) >= 11 is 10.5. The third-order valence-corrected chi connectivity index (χ3v) is 3.27. The lowest BCUT2D eigenvalue weighted by Crippen LogP contribution is -2.16. The van der Waals surface area contributed by atoms with Crippen molar-refractivity contribution < 1.29 is 9.18 Å². The lowest BCUT2D eigenvalue weighted by molar-refractivity contribution is -0.115. The van der Waals surface area contributed by atoms with Gasteiger partial charge in [-0.1, -0.05) is 36.0 Å². The van der Waals surface area contributed by atoms with Crippen LogP contribution in [0.15, 0.2) is 42.5 Å². The van der Waals surface area contributed by atoms with E-state index < -0.39 is 5.82 Å². The van der Waals surface area contributed by atoms with Crippen LogP contribution in [0.4, 0.5) is 10.1 Å². The summed E-state index contributed by atoms with van der Waals surface area (Å²) in [5.74, 6) is -0.740. The second kappa shape index (κ2) is 6.65. The lowest BCUT2D eigenvalue weighted by Gasteiger charge is -2.08. The molecule has 0 spiro atoms. The van der Waals surface area contributed by atoms with Gasteiger partial charge in [-0.2, -0.15) is 0 Å². The second-order valence-electron chi connectivity index (χ2n) is 4.41. The van der Waals surface area contributed by atoms with Gasteiger partial charge in [0.1, 0.15) is 10.8 Å². The Hall–Kier alpha value is -1.98. The fourth-order valence-corrected chi connectivity index (χ4v) is 2.07. The van der Waals surface area contributed by atoms with E-state index in [9.17, 15) is 9.18 Å². The molecule has 108 valence electrons. The summed E-state index contributed by atoms with van der Waals surface area (Å²) in [7, 11) is 0. The maximum Gasteiger partial charge on any atom is 0.228 e. The van der Waals surface area contributed by atoms with E-state index in [1.54, 1.807) is 24.3 Å². The number of nitrogens with two attached hydrogens (primary N) is 1. The number of benzene rings is 2. The average molecular weight is 323 g/mol. The Labute approximate surface area is 131 Å². The molecule has 0 unspecified atom stereocenters. The monoisotopic (exact) mass is 322 g/mol. The van der Waals surface area contributed by atoms with Crippen molar-refractivity contribution in [3.63, 3.8) is 0 Å². The molecule has 0 atom stereocenters. The quantitative estimate of drug-likeness (QED) is 0.849. The molecule has 0 fully saturated rings. The van der Waals surface area contributed by atoms with Gasteiger partial charge in [-0.05, 0) is 35.9 Å². The van der Waals surface area contributed by atoms with Crippen LogP contribution in [0, 0.1) is 5.82 Å². The molecule has 0 aliphatic rings. The Morgan fingerprint density at radius 1 is 1.24 bits per heavy atom. The number of carbonyl (C=O) groups is 1. The lowest BCUT2D eigenvalue weighted by atomic mass is 10.1. The van der Waals surface area contributed by atoms with E-state index in [2.05, 4.69) is 5.32 Å². The van der Waals surface area contributed by atoms with Gasteiger partial charge in [0.05, 0.1) is 6.42 Å². The molecule has 3 N–H and O–H groups in total. The van der Waals surface area contributed by atoms with Crippen molar-refractivity contribution in [3.05, 3.63) is 64.4 Å². The highest BCUT2D eigenvalue weighted by molar-refractivity contribution is 7.80. The largest absolute Gasteiger partial charge is 0.389 e. The zero-order valence-electron chi connectivity index (χ0n) is 10.9. The number of rotatable bonds is 4.